The number of carbonyl (C=O) groups excluding carboxylic acids is 1. The van der Waals surface area contributed by atoms with Crippen LogP contribution in [0.3, 0.4) is 0 Å². The van der Waals surface area contributed by atoms with Crippen LogP contribution in [0.5, 0.6) is 0 Å². The van der Waals surface area contributed by atoms with E-state index in [4.69, 9.17) is 0 Å². The van der Waals surface area contributed by atoms with Gasteiger partial charge in [-0.2, -0.15) is 0 Å². The van der Waals surface area contributed by atoms with Crippen LogP contribution in [0.2, 0.25) is 0 Å². The fraction of sp³-hybridized carbons (Fsp3) is 0.750. The van der Waals surface area contributed by atoms with Gasteiger partial charge in [0, 0.05) is 50.7 Å². The normalized spacial score (nSPS) is 21.7. The van der Waals surface area contributed by atoms with Crippen molar-refractivity contribution in [1.82, 2.24) is 19.8 Å². The van der Waals surface area contributed by atoms with Gasteiger partial charge in [-0.05, 0) is 25.2 Å². The number of aromatic nitrogens is 2. The van der Waals surface area contributed by atoms with Crippen LogP contribution in [0.15, 0.2) is 6.33 Å². The molecule has 0 spiro atoms. The molecule has 0 N–H and O–H groups in total. The summed E-state index contributed by atoms with van der Waals surface area (Å²) < 4.78 is 0. The van der Waals surface area contributed by atoms with E-state index in [2.05, 4.69) is 33.6 Å². The van der Waals surface area contributed by atoms with Crippen LogP contribution in [-0.2, 0) is 17.8 Å². The van der Waals surface area contributed by atoms with Crippen LogP contribution in [-0.4, -0.2) is 64.4 Å². The summed E-state index contributed by atoms with van der Waals surface area (Å²) in [5.74, 6) is 1.76. The van der Waals surface area contributed by atoms with Crippen LogP contribution < -0.4 is 4.90 Å². The van der Waals surface area contributed by atoms with E-state index in [1.54, 1.807) is 6.33 Å². The van der Waals surface area contributed by atoms with Gasteiger partial charge < -0.3 is 9.80 Å². The van der Waals surface area contributed by atoms with Gasteiger partial charge >= 0.3 is 0 Å². The number of rotatable bonds is 4. The van der Waals surface area contributed by atoms with Crippen LogP contribution in [0.25, 0.3) is 0 Å². The minimum absolute atomic E-state index is 0.250. The predicted molar refractivity (Wildman–Crippen MR) is 102 cm³/mol. The van der Waals surface area contributed by atoms with Crippen LogP contribution in [0.1, 0.15) is 50.8 Å². The maximum atomic E-state index is 12.4. The minimum Gasteiger partial charge on any atom is -0.354 e. The molecule has 1 amide bonds. The summed E-state index contributed by atoms with van der Waals surface area (Å²) in [6.07, 6.45) is 7.33. The van der Waals surface area contributed by atoms with Crippen molar-refractivity contribution >= 4 is 11.7 Å². The Bertz CT molecular complexity index is 650. The molecule has 1 aromatic heterocycles. The van der Waals surface area contributed by atoms with Gasteiger partial charge in [0.25, 0.3) is 0 Å². The Morgan fingerprint density at radius 3 is 2.58 bits per heavy atom. The first-order valence-corrected chi connectivity index (χ1v) is 10.2. The maximum absolute atomic E-state index is 12.4. The average molecular weight is 358 g/mol. The summed E-state index contributed by atoms with van der Waals surface area (Å²) >= 11 is 0. The lowest BCUT2D eigenvalue weighted by Crippen LogP contribution is -2.52. The Labute approximate surface area is 156 Å². The molecule has 142 valence electrons. The van der Waals surface area contributed by atoms with E-state index in [0.29, 0.717) is 18.9 Å². The first kappa shape index (κ1) is 17.7. The highest BCUT2D eigenvalue weighted by Crippen LogP contribution is 2.29. The molecular weight excluding hydrogens is 326 g/mol. The summed E-state index contributed by atoms with van der Waals surface area (Å²) in [6, 6.07) is 0.831. The van der Waals surface area contributed by atoms with Gasteiger partial charge in [-0.25, -0.2) is 9.97 Å². The first-order chi connectivity index (χ1) is 12.6. The van der Waals surface area contributed by atoms with Gasteiger partial charge in [0.05, 0.1) is 12.2 Å². The monoisotopic (exact) mass is 357 g/mol. The molecule has 3 aliphatic rings. The molecule has 1 aromatic rings. The number of anilines is 1. The van der Waals surface area contributed by atoms with Crippen molar-refractivity contribution in [3.05, 3.63) is 17.6 Å². The van der Waals surface area contributed by atoms with Crippen molar-refractivity contribution in [2.24, 2.45) is 5.92 Å². The highest BCUT2D eigenvalue weighted by Gasteiger charge is 2.31. The smallest absolute Gasteiger partial charge is 0.223 e. The van der Waals surface area contributed by atoms with Crippen LogP contribution >= 0.6 is 0 Å². The number of hydrogen-bond acceptors (Lipinski definition) is 5. The number of nitrogens with zero attached hydrogens (tertiary/aromatic N) is 5. The van der Waals surface area contributed by atoms with Crippen molar-refractivity contribution in [2.75, 3.05) is 37.6 Å². The van der Waals surface area contributed by atoms with Gasteiger partial charge in [-0.3, -0.25) is 9.69 Å². The van der Waals surface area contributed by atoms with Gasteiger partial charge in [-0.1, -0.05) is 20.3 Å². The minimum atomic E-state index is 0.250. The number of piperazine rings is 1. The zero-order chi connectivity index (χ0) is 18.1. The summed E-state index contributed by atoms with van der Waals surface area (Å²) in [4.78, 5) is 28.6. The molecular formula is C20H31N5O. The molecule has 0 atom stereocenters. The second-order valence-corrected chi connectivity index (χ2v) is 8.39. The van der Waals surface area contributed by atoms with E-state index in [-0.39, 0.29) is 5.91 Å². The molecule has 1 saturated heterocycles. The third-order valence-corrected chi connectivity index (χ3v) is 6.12. The molecule has 2 fully saturated rings. The van der Waals surface area contributed by atoms with Crippen LogP contribution in [0, 0.1) is 5.92 Å². The third-order valence-electron chi connectivity index (χ3n) is 6.12. The zero-order valence-corrected chi connectivity index (χ0v) is 16.2. The second kappa shape index (κ2) is 7.51. The Kier molecular flexibility index (Phi) is 5.11. The molecule has 2 aliphatic heterocycles. The third kappa shape index (κ3) is 3.56. The van der Waals surface area contributed by atoms with Crippen molar-refractivity contribution in [1.29, 1.82) is 0 Å². The Morgan fingerprint density at radius 1 is 1.15 bits per heavy atom. The number of amides is 1. The summed E-state index contributed by atoms with van der Waals surface area (Å²) in [5.41, 5.74) is 2.30. The average Bonchev–Trinajstić information content (AvgIpc) is 2.59. The molecule has 4 rings (SSSR count). The Balaban J connectivity index is 1.43. The molecule has 6 nitrogen and oxygen atoms in total. The summed E-state index contributed by atoms with van der Waals surface area (Å²) in [6.45, 7) is 10.0. The van der Waals surface area contributed by atoms with Crippen molar-refractivity contribution < 1.29 is 4.79 Å². The molecule has 1 saturated carbocycles. The highest BCUT2D eigenvalue weighted by molar-refractivity contribution is 5.76. The molecule has 0 unspecified atom stereocenters. The molecule has 0 aromatic carbocycles. The molecule has 1 aliphatic carbocycles. The molecule has 6 heteroatoms. The molecule has 26 heavy (non-hydrogen) atoms. The van der Waals surface area contributed by atoms with Crippen molar-refractivity contribution in [3.8, 4) is 0 Å². The molecule has 0 bridgehead atoms. The lowest BCUT2D eigenvalue weighted by Gasteiger charge is -2.43. The van der Waals surface area contributed by atoms with E-state index in [0.717, 1.165) is 56.7 Å². The highest BCUT2D eigenvalue weighted by atomic mass is 16.2. The SMILES string of the molecule is CC(C)CC(=O)N1CCc2c(ncnc2N2CCN(C3CCC3)CC2)C1. The Hall–Kier alpha value is -1.69. The molecule has 3 heterocycles. The summed E-state index contributed by atoms with van der Waals surface area (Å²) in [5, 5.41) is 0. The second-order valence-electron chi connectivity index (χ2n) is 8.39. The quantitative estimate of drug-likeness (QED) is 0.826. The van der Waals surface area contributed by atoms with Gasteiger partial charge in [0.2, 0.25) is 5.91 Å². The number of carbonyl (C=O) groups is 1. The largest absolute Gasteiger partial charge is 0.354 e. The maximum Gasteiger partial charge on any atom is 0.223 e. The predicted octanol–water partition coefficient (Wildman–Crippen LogP) is 2.08. The standard InChI is InChI=1S/C20H31N5O/c1-15(2)12-19(26)25-7-6-17-18(13-25)21-14-22-20(17)24-10-8-23(9-11-24)16-4-3-5-16/h14-16H,3-13H2,1-2H3. The van der Waals surface area contributed by atoms with E-state index >= 15 is 0 Å². The van der Waals surface area contributed by atoms with E-state index in [1.165, 1.54) is 24.8 Å². The zero-order valence-electron chi connectivity index (χ0n) is 16.2. The fourth-order valence-corrected chi connectivity index (χ4v) is 4.35. The Morgan fingerprint density at radius 2 is 1.92 bits per heavy atom. The number of fused-ring (bicyclic) bond motifs is 1. The first-order valence-electron chi connectivity index (χ1n) is 10.2. The van der Waals surface area contributed by atoms with Crippen LogP contribution in [0.4, 0.5) is 5.82 Å². The number of hydrogen-bond donors (Lipinski definition) is 0. The van der Waals surface area contributed by atoms with E-state index in [1.807, 2.05) is 4.90 Å². The van der Waals surface area contributed by atoms with Gasteiger partial charge in [-0.15, -0.1) is 0 Å². The van der Waals surface area contributed by atoms with E-state index in [9.17, 15) is 4.79 Å². The van der Waals surface area contributed by atoms with Crippen molar-refractivity contribution in [2.45, 2.75) is 58.5 Å². The van der Waals surface area contributed by atoms with Gasteiger partial charge in [0.1, 0.15) is 12.1 Å². The lowest BCUT2D eigenvalue weighted by atomic mass is 9.91. The lowest BCUT2D eigenvalue weighted by molar-refractivity contribution is -0.132. The van der Waals surface area contributed by atoms with E-state index < -0.39 is 0 Å². The fourth-order valence-electron chi connectivity index (χ4n) is 4.35. The van der Waals surface area contributed by atoms with Gasteiger partial charge in [0.15, 0.2) is 0 Å². The van der Waals surface area contributed by atoms with Crippen molar-refractivity contribution in [3.63, 3.8) is 0 Å². The molecule has 0 radical (unpaired) electrons. The topological polar surface area (TPSA) is 52.6 Å². The summed E-state index contributed by atoms with van der Waals surface area (Å²) in [7, 11) is 0.